The molecule has 0 aromatic heterocycles. The van der Waals surface area contributed by atoms with Crippen molar-refractivity contribution in [2.24, 2.45) is 0 Å². The Morgan fingerprint density at radius 3 is 2.33 bits per heavy atom. The Hall–Kier alpha value is -2.24. The largest absolute Gasteiger partial charge is 0.480 e. The van der Waals surface area contributed by atoms with E-state index in [4.69, 9.17) is 5.11 Å². The van der Waals surface area contributed by atoms with Crippen molar-refractivity contribution < 1.29 is 19.8 Å². The number of carbonyl (C=O) groups is 2. The maximum atomic E-state index is 11.2. The molecule has 1 aliphatic heterocycles. The van der Waals surface area contributed by atoms with Crippen LogP contribution in [0.2, 0.25) is 0 Å². The van der Waals surface area contributed by atoms with Crippen molar-refractivity contribution in [1.82, 2.24) is 4.90 Å². The number of rotatable bonds is 2. The van der Waals surface area contributed by atoms with E-state index in [0.717, 1.165) is 10.6 Å². The highest BCUT2D eigenvalue weighted by atomic mass is 16.4. The van der Waals surface area contributed by atoms with Gasteiger partial charge in [-0.05, 0) is 12.1 Å². The van der Waals surface area contributed by atoms with Crippen molar-refractivity contribution in [2.45, 2.75) is 6.04 Å². The first-order valence-corrected chi connectivity index (χ1v) is 5.62. The maximum absolute atomic E-state index is 11.2. The Bertz CT molecular complexity index is 449. The number of benzene rings is 1. The molecule has 1 unspecified atom stereocenters. The van der Waals surface area contributed by atoms with Crippen molar-refractivity contribution >= 4 is 17.7 Å². The van der Waals surface area contributed by atoms with E-state index in [2.05, 4.69) is 0 Å². The molecule has 0 aliphatic carbocycles. The molecule has 1 amide bonds. The van der Waals surface area contributed by atoms with Gasteiger partial charge in [-0.15, -0.1) is 0 Å². The first kappa shape index (κ1) is 12.2. The molecule has 96 valence electrons. The number of piperazine rings is 1. The Kier molecular flexibility index (Phi) is 3.36. The minimum atomic E-state index is -1.08. The molecule has 2 rings (SSSR count). The number of nitrogens with zero attached hydrogens (tertiary/aromatic N) is 2. The van der Waals surface area contributed by atoms with Crippen LogP contribution in [0.4, 0.5) is 10.5 Å². The zero-order chi connectivity index (χ0) is 13.1. The number of aliphatic carboxylic acids is 1. The lowest BCUT2D eigenvalue weighted by atomic mass is 10.1. The van der Waals surface area contributed by atoms with E-state index in [9.17, 15) is 14.7 Å². The van der Waals surface area contributed by atoms with Gasteiger partial charge in [-0.25, -0.2) is 9.59 Å². The van der Waals surface area contributed by atoms with Crippen LogP contribution in [-0.2, 0) is 4.79 Å². The second-order valence-corrected chi connectivity index (χ2v) is 4.11. The lowest BCUT2D eigenvalue weighted by Gasteiger charge is -2.39. The van der Waals surface area contributed by atoms with Gasteiger partial charge in [-0.3, -0.25) is 0 Å². The van der Waals surface area contributed by atoms with Crippen LogP contribution in [-0.4, -0.2) is 52.9 Å². The number of amides is 1. The van der Waals surface area contributed by atoms with Gasteiger partial charge in [-0.1, -0.05) is 18.2 Å². The summed E-state index contributed by atoms with van der Waals surface area (Å²) in [5.74, 6) is -1.01. The van der Waals surface area contributed by atoms with Gasteiger partial charge in [0.15, 0.2) is 0 Å². The highest BCUT2D eigenvalue weighted by Gasteiger charge is 2.34. The summed E-state index contributed by atoms with van der Waals surface area (Å²) in [6, 6.07) is 8.33. The van der Waals surface area contributed by atoms with Crippen LogP contribution in [0.25, 0.3) is 0 Å². The predicted octanol–water partition coefficient (Wildman–Crippen LogP) is 0.940. The van der Waals surface area contributed by atoms with Crippen LogP contribution in [0.1, 0.15) is 0 Å². The summed E-state index contributed by atoms with van der Waals surface area (Å²) in [5.41, 5.74) is 0.801. The van der Waals surface area contributed by atoms with Crippen molar-refractivity contribution in [1.29, 1.82) is 0 Å². The summed E-state index contributed by atoms with van der Waals surface area (Å²) in [6.07, 6.45) is -1.08. The van der Waals surface area contributed by atoms with E-state index < -0.39 is 18.1 Å². The number of carboxylic acid groups (broad SMARTS) is 2. The topological polar surface area (TPSA) is 81.1 Å². The van der Waals surface area contributed by atoms with Crippen LogP contribution < -0.4 is 4.90 Å². The molecule has 1 heterocycles. The van der Waals surface area contributed by atoms with Gasteiger partial charge < -0.3 is 20.0 Å². The van der Waals surface area contributed by atoms with Crippen LogP contribution in [0.5, 0.6) is 0 Å². The molecule has 0 radical (unpaired) electrons. The minimum Gasteiger partial charge on any atom is -0.480 e. The summed E-state index contributed by atoms with van der Waals surface area (Å²) < 4.78 is 0. The molecule has 18 heavy (non-hydrogen) atoms. The van der Waals surface area contributed by atoms with E-state index >= 15 is 0 Å². The molecule has 6 nitrogen and oxygen atoms in total. The van der Waals surface area contributed by atoms with Gasteiger partial charge in [0.25, 0.3) is 0 Å². The number of anilines is 1. The molecule has 0 saturated carbocycles. The summed E-state index contributed by atoms with van der Waals surface area (Å²) >= 11 is 0. The Morgan fingerprint density at radius 2 is 1.78 bits per heavy atom. The average Bonchev–Trinajstić information content (AvgIpc) is 2.39. The van der Waals surface area contributed by atoms with Gasteiger partial charge in [0.05, 0.1) is 6.54 Å². The van der Waals surface area contributed by atoms with Gasteiger partial charge in [-0.2, -0.15) is 0 Å². The van der Waals surface area contributed by atoms with E-state index in [1.54, 1.807) is 4.90 Å². The molecular weight excluding hydrogens is 236 g/mol. The summed E-state index contributed by atoms with van der Waals surface area (Å²) in [7, 11) is 0. The second-order valence-electron chi connectivity index (χ2n) is 4.11. The van der Waals surface area contributed by atoms with Gasteiger partial charge >= 0.3 is 12.1 Å². The van der Waals surface area contributed by atoms with Gasteiger partial charge in [0, 0.05) is 18.8 Å². The monoisotopic (exact) mass is 250 g/mol. The fourth-order valence-corrected chi connectivity index (χ4v) is 2.10. The fourth-order valence-electron chi connectivity index (χ4n) is 2.10. The lowest BCUT2D eigenvalue weighted by Crippen LogP contribution is -2.57. The van der Waals surface area contributed by atoms with E-state index in [0.29, 0.717) is 13.1 Å². The molecule has 1 atom stereocenters. The SMILES string of the molecule is O=C(O)C1CN(C(=O)O)CCN1c1ccccc1. The highest BCUT2D eigenvalue weighted by Crippen LogP contribution is 2.20. The molecule has 1 saturated heterocycles. The van der Waals surface area contributed by atoms with Crippen molar-refractivity contribution in [2.75, 3.05) is 24.5 Å². The van der Waals surface area contributed by atoms with Gasteiger partial charge in [0.1, 0.15) is 6.04 Å². The second kappa shape index (κ2) is 4.95. The van der Waals surface area contributed by atoms with E-state index in [1.807, 2.05) is 30.3 Å². The normalized spacial score (nSPS) is 19.7. The highest BCUT2D eigenvalue weighted by molar-refractivity contribution is 5.80. The third kappa shape index (κ3) is 2.37. The number of hydrogen-bond acceptors (Lipinski definition) is 3. The minimum absolute atomic E-state index is 0.0143. The molecule has 0 bridgehead atoms. The van der Waals surface area contributed by atoms with Crippen molar-refractivity contribution in [3.05, 3.63) is 30.3 Å². The summed E-state index contributed by atoms with van der Waals surface area (Å²) in [4.78, 5) is 25.0. The number of hydrogen-bond donors (Lipinski definition) is 2. The molecule has 0 spiro atoms. The van der Waals surface area contributed by atoms with E-state index in [-0.39, 0.29) is 6.54 Å². The zero-order valence-electron chi connectivity index (χ0n) is 9.69. The maximum Gasteiger partial charge on any atom is 0.407 e. The Morgan fingerprint density at radius 1 is 1.11 bits per heavy atom. The molecule has 1 fully saturated rings. The van der Waals surface area contributed by atoms with Crippen LogP contribution >= 0.6 is 0 Å². The zero-order valence-corrected chi connectivity index (χ0v) is 9.69. The van der Waals surface area contributed by atoms with Crippen LogP contribution in [0.15, 0.2) is 30.3 Å². The quantitative estimate of drug-likeness (QED) is 0.816. The summed E-state index contributed by atoms with van der Waals surface area (Å²) in [6.45, 7) is 0.681. The predicted molar refractivity (Wildman–Crippen MR) is 64.8 cm³/mol. The molecule has 1 aliphatic rings. The fraction of sp³-hybridized carbons (Fsp3) is 0.333. The Balaban J connectivity index is 2.21. The van der Waals surface area contributed by atoms with Crippen molar-refractivity contribution in [3.63, 3.8) is 0 Å². The number of carboxylic acids is 1. The van der Waals surface area contributed by atoms with Gasteiger partial charge in [0.2, 0.25) is 0 Å². The molecule has 1 aromatic carbocycles. The lowest BCUT2D eigenvalue weighted by molar-refractivity contribution is -0.139. The first-order valence-electron chi connectivity index (χ1n) is 5.62. The summed E-state index contributed by atoms with van der Waals surface area (Å²) in [5, 5.41) is 18.1. The number of para-hydroxylation sites is 1. The first-order chi connectivity index (χ1) is 8.59. The third-order valence-electron chi connectivity index (χ3n) is 3.02. The van der Waals surface area contributed by atoms with E-state index in [1.165, 1.54) is 0 Å². The molecule has 6 heteroatoms. The van der Waals surface area contributed by atoms with Crippen molar-refractivity contribution in [3.8, 4) is 0 Å². The standard InChI is InChI=1S/C12H14N2O4/c15-11(16)10-8-13(12(17)18)6-7-14(10)9-4-2-1-3-5-9/h1-5,10H,6-8H2,(H,15,16)(H,17,18). The molecule has 1 aromatic rings. The molecule has 2 N–H and O–H groups in total. The molecular formula is C12H14N2O4. The average molecular weight is 250 g/mol. The van der Waals surface area contributed by atoms with Crippen LogP contribution in [0.3, 0.4) is 0 Å². The smallest absolute Gasteiger partial charge is 0.407 e. The third-order valence-corrected chi connectivity index (χ3v) is 3.02. The Labute approximate surface area is 104 Å². The van der Waals surface area contributed by atoms with Crippen LogP contribution in [0, 0.1) is 0 Å².